The number of nitrogens with one attached hydrogen (secondary N) is 1. The molecule has 0 unspecified atom stereocenters. The molecule has 2 amide bonds. The number of likely N-dealkylation sites (tertiary alicyclic amines) is 1. The highest BCUT2D eigenvalue weighted by Gasteiger charge is 2.57. The minimum Gasteiger partial charge on any atom is -0.467 e. The van der Waals surface area contributed by atoms with E-state index in [0.717, 1.165) is 19.3 Å². The second kappa shape index (κ2) is 6.23. The number of nitrogens with zero attached hydrogens (tertiary/aromatic N) is 1. The molecule has 3 saturated carbocycles. The Kier molecular flexibility index (Phi) is 3.93. The minimum atomic E-state index is -0.663. The number of rotatable bonds is 1. The van der Waals surface area contributed by atoms with Gasteiger partial charge in [-0.15, -0.1) is 0 Å². The van der Waals surface area contributed by atoms with Crippen LogP contribution in [0.1, 0.15) is 48.9 Å². The zero-order valence-electron chi connectivity index (χ0n) is 15.4. The number of hydrogen-bond acceptors (Lipinski definition) is 4. The highest BCUT2D eigenvalue weighted by atomic mass is 16.5. The first-order chi connectivity index (χ1) is 13.1. The minimum absolute atomic E-state index is 0.0160. The Hall–Kier alpha value is -2.08. The van der Waals surface area contributed by atoms with Crippen molar-refractivity contribution in [1.29, 1.82) is 0 Å². The summed E-state index contributed by atoms with van der Waals surface area (Å²) in [6.45, 7) is 1.30. The van der Waals surface area contributed by atoms with Gasteiger partial charge in [-0.25, -0.2) is 0 Å². The lowest BCUT2D eigenvalue weighted by atomic mass is 9.59. The van der Waals surface area contributed by atoms with Crippen molar-refractivity contribution in [3.8, 4) is 5.75 Å². The second-order valence-corrected chi connectivity index (χ2v) is 8.58. The number of carbonyl (C=O) groups excluding carboxylic acids is 2. The normalized spacial score (nSPS) is 35.5. The van der Waals surface area contributed by atoms with Crippen LogP contribution < -0.4 is 10.1 Å². The molecule has 0 radical (unpaired) electrons. The highest BCUT2D eigenvalue weighted by Crippen LogP contribution is 2.52. The lowest BCUT2D eigenvalue weighted by Gasteiger charge is -2.55. The lowest BCUT2D eigenvalue weighted by molar-refractivity contribution is -0.157. The molecule has 6 rings (SSSR count). The highest BCUT2D eigenvalue weighted by molar-refractivity contribution is 5.98. The average molecular weight is 370 g/mol. The predicted molar refractivity (Wildman–Crippen MR) is 98.0 cm³/mol. The molecule has 4 atom stereocenters. The Balaban J connectivity index is 1.35. The third-order valence-electron chi connectivity index (χ3n) is 7.06. The van der Waals surface area contributed by atoms with Crippen LogP contribution in [-0.2, 0) is 4.79 Å². The van der Waals surface area contributed by atoms with Crippen LogP contribution in [0.15, 0.2) is 24.3 Å². The maximum Gasteiger partial charge on any atom is 0.258 e. The van der Waals surface area contributed by atoms with Crippen molar-refractivity contribution in [3.05, 3.63) is 29.8 Å². The van der Waals surface area contributed by atoms with Gasteiger partial charge >= 0.3 is 0 Å². The van der Waals surface area contributed by atoms with E-state index >= 15 is 0 Å². The predicted octanol–water partition coefficient (Wildman–Crippen LogP) is 1.92. The van der Waals surface area contributed by atoms with Crippen LogP contribution in [-0.4, -0.2) is 46.7 Å². The third kappa shape index (κ3) is 2.73. The van der Waals surface area contributed by atoms with E-state index in [1.165, 1.54) is 0 Å². The Morgan fingerprint density at radius 3 is 2.70 bits per heavy atom. The summed E-state index contributed by atoms with van der Waals surface area (Å²) in [5.74, 6) is 1.22. The Morgan fingerprint density at radius 2 is 1.96 bits per heavy atom. The topological polar surface area (TPSA) is 78.9 Å². The molecule has 2 bridgehead atoms. The summed E-state index contributed by atoms with van der Waals surface area (Å²) in [7, 11) is 0. The Morgan fingerprint density at radius 1 is 1.19 bits per heavy atom. The van der Waals surface area contributed by atoms with Crippen LogP contribution in [0.25, 0.3) is 0 Å². The summed E-state index contributed by atoms with van der Waals surface area (Å²) in [4.78, 5) is 27.7. The van der Waals surface area contributed by atoms with Gasteiger partial charge in [0, 0.05) is 31.3 Å². The van der Waals surface area contributed by atoms with E-state index in [1.807, 2.05) is 23.1 Å². The largest absolute Gasteiger partial charge is 0.467 e. The summed E-state index contributed by atoms with van der Waals surface area (Å²) in [5.41, 5.74) is -0.0764. The van der Waals surface area contributed by atoms with Crippen LogP contribution in [0.4, 0.5) is 0 Å². The van der Waals surface area contributed by atoms with E-state index in [1.54, 1.807) is 6.07 Å². The van der Waals surface area contributed by atoms with Crippen LogP contribution in [0.5, 0.6) is 5.75 Å². The lowest BCUT2D eigenvalue weighted by Crippen LogP contribution is -2.67. The summed E-state index contributed by atoms with van der Waals surface area (Å²) >= 11 is 0. The van der Waals surface area contributed by atoms with Crippen LogP contribution in [0.3, 0.4) is 0 Å². The molecule has 4 fully saturated rings. The van der Waals surface area contributed by atoms with Gasteiger partial charge in [-0.2, -0.15) is 0 Å². The van der Waals surface area contributed by atoms with E-state index in [4.69, 9.17) is 4.74 Å². The fourth-order valence-electron chi connectivity index (χ4n) is 5.58. The van der Waals surface area contributed by atoms with Gasteiger partial charge in [0.15, 0.2) is 5.72 Å². The van der Waals surface area contributed by atoms with E-state index < -0.39 is 5.72 Å². The summed E-state index contributed by atoms with van der Waals surface area (Å²) in [6.07, 6.45) is 4.54. The molecule has 6 nitrogen and oxygen atoms in total. The van der Waals surface area contributed by atoms with Crippen molar-refractivity contribution in [2.24, 2.45) is 17.8 Å². The maximum atomic E-state index is 13.1. The molecule has 1 aromatic rings. The maximum absolute atomic E-state index is 13.1. The molecular formula is C21H26N2O4. The first-order valence-electron chi connectivity index (χ1n) is 10.1. The van der Waals surface area contributed by atoms with Crippen LogP contribution >= 0.6 is 0 Å². The zero-order valence-corrected chi connectivity index (χ0v) is 15.4. The number of para-hydroxylation sites is 1. The van der Waals surface area contributed by atoms with Gasteiger partial charge < -0.3 is 20.1 Å². The number of fused-ring (bicyclic) bond motifs is 3. The van der Waals surface area contributed by atoms with Gasteiger partial charge in [0.25, 0.3) is 5.91 Å². The summed E-state index contributed by atoms with van der Waals surface area (Å²) in [6, 6.07) is 7.38. The smallest absolute Gasteiger partial charge is 0.258 e. The van der Waals surface area contributed by atoms with Crippen molar-refractivity contribution in [2.75, 3.05) is 13.1 Å². The van der Waals surface area contributed by atoms with E-state index in [0.29, 0.717) is 43.7 Å². The monoisotopic (exact) mass is 370 g/mol. The summed E-state index contributed by atoms with van der Waals surface area (Å²) in [5, 5.41) is 12.8. The van der Waals surface area contributed by atoms with Crippen molar-refractivity contribution in [2.45, 2.75) is 50.4 Å². The second-order valence-electron chi connectivity index (χ2n) is 8.58. The number of aliphatic hydroxyl groups is 1. The van der Waals surface area contributed by atoms with E-state index in [-0.39, 0.29) is 35.7 Å². The van der Waals surface area contributed by atoms with Gasteiger partial charge in [0.2, 0.25) is 5.91 Å². The number of hydrogen-bond donors (Lipinski definition) is 2. The average Bonchev–Trinajstić information content (AvgIpc) is 2.68. The SMILES string of the molecule is O=C1N[C@]2(C[C@@H]3CC[C@@H]2C[C@@H]3C(=O)N2CCC(O)CC2)Oc2ccccc21. The molecule has 1 spiro atoms. The number of carbonyl (C=O) groups is 2. The van der Waals surface area contributed by atoms with Gasteiger partial charge in [0.1, 0.15) is 5.75 Å². The number of amides is 2. The Labute approximate surface area is 158 Å². The molecule has 27 heavy (non-hydrogen) atoms. The number of benzene rings is 1. The molecule has 1 aromatic carbocycles. The quantitative estimate of drug-likeness (QED) is 0.792. The third-order valence-corrected chi connectivity index (χ3v) is 7.06. The van der Waals surface area contributed by atoms with Gasteiger partial charge in [-0.1, -0.05) is 12.1 Å². The molecule has 6 heteroatoms. The van der Waals surface area contributed by atoms with Gasteiger partial charge in [-0.05, 0) is 50.2 Å². The number of aliphatic hydroxyl groups excluding tert-OH is 1. The standard InChI is InChI=1S/C21H26N2O4/c24-15-7-9-23(10-8-15)20(26)17-11-14-6-5-13(17)12-21(14)22-19(25)16-3-1-2-4-18(16)27-21/h1-4,13-15,17,24H,5-12H2,(H,22,25)/t13-,14+,17-,21+/m0/s1. The van der Waals surface area contributed by atoms with E-state index in [9.17, 15) is 14.7 Å². The number of ether oxygens (including phenoxy) is 1. The fourth-order valence-corrected chi connectivity index (χ4v) is 5.58. The molecule has 0 aromatic heterocycles. The van der Waals surface area contributed by atoms with E-state index in [2.05, 4.69) is 5.32 Å². The first kappa shape index (κ1) is 17.0. The first-order valence-corrected chi connectivity index (χ1v) is 10.1. The molecule has 144 valence electrons. The van der Waals surface area contributed by atoms with Gasteiger partial charge in [-0.3, -0.25) is 9.59 Å². The fraction of sp³-hybridized carbons (Fsp3) is 0.619. The molecule has 1 saturated heterocycles. The molecule has 2 aliphatic heterocycles. The van der Waals surface area contributed by atoms with Crippen LogP contribution in [0.2, 0.25) is 0 Å². The van der Waals surface area contributed by atoms with Crippen molar-refractivity contribution in [3.63, 3.8) is 0 Å². The molecule has 2 N–H and O–H groups in total. The molecule has 3 aliphatic carbocycles. The summed E-state index contributed by atoms with van der Waals surface area (Å²) < 4.78 is 6.36. The number of piperidine rings is 1. The van der Waals surface area contributed by atoms with Gasteiger partial charge in [0.05, 0.1) is 11.7 Å². The Bertz CT molecular complexity index is 773. The molecule has 2 heterocycles. The van der Waals surface area contributed by atoms with Crippen molar-refractivity contribution < 1.29 is 19.4 Å². The van der Waals surface area contributed by atoms with Crippen LogP contribution in [0, 0.1) is 17.8 Å². The zero-order chi connectivity index (χ0) is 18.6. The van der Waals surface area contributed by atoms with Crippen molar-refractivity contribution in [1.82, 2.24) is 10.2 Å². The van der Waals surface area contributed by atoms with Crippen molar-refractivity contribution >= 4 is 11.8 Å². The molecular weight excluding hydrogens is 344 g/mol. The molecule has 5 aliphatic rings.